The molecule has 0 fully saturated rings. The van der Waals surface area contributed by atoms with E-state index in [9.17, 15) is 4.79 Å². The van der Waals surface area contributed by atoms with Crippen LogP contribution in [-0.2, 0) is 9.53 Å². The monoisotopic (exact) mass is 220 g/mol. The van der Waals surface area contributed by atoms with Gasteiger partial charge in [0, 0.05) is 12.3 Å². The van der Waals surface area contributed by atoms with Gasteiger partial charge in [0.05, 0.1) is 6.61 Å². The molecule has 0 spiro atoms. The molecule has 0 aromatic heterocycles. The molecular formula is C11H21ClO2. The first kappa shape index (κ1) is 13.8. The van der Waals surface area contributed by atoms with Gasteiger partial charge in [-0.3, -0.25) is 4.79 Å². The lowest BCUT2D eigenvalue weighted by molar-refractivity contribution is -0.145. The zero-order valence-electron chi connectivity index (χ0n) is 9.60. The van der Waals surface area contributed by atoms with Gasteiger partial charge in [0.15, 0.2) is 0 Å². The number of esters is 1. The summed E-state index contributed by atoms with van der Waals surface area (Å²) in [6.45, 7) is 8.55. The van der Waals surface area contributed by atoms with E-state index < -0.39 is 0 Å². The fourth-order valence-corrected chi connectivity index (χ4v) is 1.74. The molecular weight excluding hydrogens is 200 g/mol. The van der Waals surface area contributed by atoms with Crippen LogP contribution in [0.5, 0.6) is 0 Å². The average Bonchev–Trinajstić information content (AvgIpc) is 2.16. The summed E-state index contributed by atoms with van der Waals surface area (Å²) < 4.78 is 4.91. The number of carbonyl (C=O) groups excluding carboxylic acids is 1. The predicted molar refractivity (Wildman–Crippen MR) is 59.5 cm³/mol. The van der Waals surface area contributed by atoms with Crippen LogP contribution in [-0.4, -0.2) is 18.5 Å². The van der Waals surface area contributed by atoms with Crippen LogP contribution in [0, 0.1) is 11.3 Å². The highest BCUT2D eigenvalue weighted by Gasteiger charge is 2.30. The van der Waals surface area contributed by atoms with Crippen molar-refractivity contribution in [2.24, 2.45) is 11.3 Å². The number of rotatable bonds is 6. The van der Waals surface area contributed by atoms with Crippen LogP contribution in [0.1, 0.15) is 40.5 Å². The normalized spacial score (nSPS) is 17.2. The maximum Gasteiger partial charge on any atom is 0.306 e. The lowest BCUT2D eigenvalue weighted by Crippen LogP contribution is -2.29. The van der Waals surface area contributed by atoms with Gasteiger partial charge in [0.25, 0.3) is 0 Å². The molecule has 0 saturated heterocycles. The minimum absolute atomic E-state index is 0.0360. The molecule has 0 rings (SSSR count). The van der Waals surface area contributed by atoms with Crippen molar-refractivity contribution < 1.29 is 9.53 Å². The summed E-state index contributed by atoms with van der Waals surface area (Å²) in [7, 11) is 0. The standard InChI is InChI=1S/C11H21ClO2/c1-5-11(4,8-12)9(3)7-10(13)14-6-2/h9H,5-8H2,1-4H3/t9?,11-/m0/s1. The molecule has 0 aliphatic rings. The van der Waals surface area contributed by atoms with Gasteiger partial charge in [-0.05, 0) is 24.7 Å². The SMILES string of the molecule is CCOC(=O)CC(C)[C@@](C)(CC)CCl. The molecule has 2 nitrogen and oxygen atoms in total. The summed E-state index contributed by atoms with van der Waals surface area (Å²) in [6, 6.07) is 0. The van der Waals surface area contributed by atoms with Crippen molar-refractivity contribution in [3.63, 3.8) is 0 Å². The molecule has 0 aromatic carbocycles. The molecule has 0 aliphatic heterocycles. The van der Waals surface area contributed by atoms with E-state index in [-0.39, 0.29) is 17.3 Å². The van der Waals surface area contributed by atoms with E-state index in [2.05, 4.69) is 20.8 Å². The van der Waals surface area contributed by atoms with Gasteiger partial charge in [-0.25, -0.2) is 0 Å². The van der Waals surface area contributed by atoms with E-state index in [1.54, 1.807) is 0 Å². The van der Waals surface area contributed by atoms with Crippen LogP contribution in [0.2, 0.25) is 0 Å². The molecule has 0 bridgehead atoms. The van der Waals surface area contributed by atoms with Crippen molar-refractivity contribution >= 4 is 17.6 Å². The topological polar surface area (TPSA) is 26.3 Å². The summed E-state index contributed by atoms with van der Waals surface area (Å²) in [5.74, 6) is 0.734. The fourth-order valence-electron chi connectivity index (χ4n) is 1.29. The maximum atomic E-state index is 11.3. The molecule has 0 heterocycles. The highest BCUT2D eigenvalue weighted by molar-refractivity contribution is 6.18. The van der Waals surface area contributed by atoms with Gasteiger partial charge in [0.2, 0.25) is 0 Å². The van der Waals surface area contributed by atoms with E-state index >= 15 is 0 Å². The van der Waals surface area contributed by atoms with E-state index in [0.717, 1.165) is 6.42 Å². The van der Waals surface area contributed by atoms with Gasteiger partial charge >= 0.3 is 5.97 Å². The molecule has 0 radical (unpaired) electrons. The summed E-state index contributed by atoms with van der Waals surface area (Å²) in [4.78, 5) is 11.3. The number of alkyl halides is 1. The Morgan fingerprint density at radius 1 is 1.50 bits per heavy atom. The Balaban J connectivity index is 4.17. The number of hydrogen-bond acceptors (Lipinski definition) is 2. The highest BCUT2D eigenvalue weighted by Crippen LogP contribution is 2.34. The summed E-state index contributed by atoms with van der Waals surface area (Å²) >= 11 is 5.91. The lowest BCUT2D eigenvalue weighted by Gasteiger charge is -2.32. The first-order valence-electron chi connectivity index (χ1n) is 5.21. The minimum Gasteiger partial charge on any atom is -0.466 e. The number of hydrogen-bond donors (Lipinski definition) is 0. The minimum atomic E-state index is -0.121. The van der Waals surface area contributed by atoms with Crippen molar-refractivity contribution in [1.29, 1.82) is 0 Å². The van der Waals surface area contributed by atoms with Crippen LogP contribution >= 0.6 is 11.6 Å². The van der Waals surface area contributed by atoms with Gasteiger partial charge < -0.3 is 4.74 Å². The maximum absolute atomic E-state index is 11.3. The zero-order chi connectivity index (χ0) is 11.2. The Morgan fingerprint density at radius 2 is 2.07 bits per heavy atom. The quantitative estimate of drug-likeness (QED) is 0.508. The first-order valence-corrected chi connectivity index (χ1v) is 5.75. The smallest absolute Gasteiger partial charge is 0.306 e. The molecule has 1 unspecified atom stereocenters. The average molecular weight is 221 g/mol. The molecule has 3 heteroatoms. The van der Waals surface area contributed by atoms with E-state index in [0.29, 0.717) is 18.9 Å². The third kappa shape index (κ3) is 3.87. The molecule has 84 valence electrons. The molecule has 0 N–H and O–H groups in total. The van der Waals surface area contributed by atoms with E-state index in [1.807, 2.05) is 6.92 Å². The van der Waals surface area contributed by atoms with E-state index in [4.69, 9.17) is 16.3 Å². The summed E-state index contributed by atoms with van der Waals surface area (Å²) in [6.07, 6.45) is 1.45. The summed E-state index contributed by atoms with van der Waals surface area (Å²) in [5.41, 5.74) is 0.0360. The zero-order valence-corrected chi connectivity index (χ0v) is 10.4. The molecule has 0 saturated carbocycles. The van der Waals surface area contributed by atoms with Crippen LogP contribution in [0.15, 0.2) is 0 Å². The Morgan fingerprint density at radius 3 is 2.43 bits per heavy atom. The molecule has 0 amide bonds. The summed E-state index contributed by atoms with van der Waals surface area (Å²) in [5, 5.41) is 0. The number of halogens is 1. The molecule has 14 heavy (non-hydrogen) atoms. The Labute approximate surface area is 92.0 Å². The number of ether oxygens (including phenoxy) is 1. The van der Waals surface area contributed by atoms with Crippen molar-refractivity contribution in [2.45, 2.75) is 40.5 Å². The van der Waals surface area contributed by atoms with Gasteiger partial charge in [-0.15, -0.1) is 11.6 Å². The predicted octanol–water partition coefficient (Wildman–Crippen LogP) is 3.23. The van der Waals surface area contributed by atoms with Gasteiger partial charge in [0.1, 0.15) is 0 Å². The third-order valence-corrected chi connectivity index (χ3v) is 3.69. The number of carbonyl (C=O) groups is 1. The third-order valence-electron chi connectivity index (χ3n) is 3.08. The second kappa shape index (κ2) is 6.28. The van der Waals surface area contributed by atoms with Gasteiger partial charge in [-0.1, -0.05) is 20.8 Å². The van der Waals surface area contributed by atoms with Crippen molar-refractivity contribution in [3.8, 4) is 0 Å². The Kier molecular flexibility index (Phi) is 6.17. The molecule has 2 atom stereocenters. The Hall–Kier alpha value is -0.240. The van der Waals surface area contributed by atoms with Gasteiger partial charge in [-0.2, -0.15) is 0 Å². The van der Waals surface area contributed by atoms with E-state index in [1.165, 1.54) is 0 Å². The molecule has 0 aromatic rings. The molecule has 0 aliphatic carbocycles. The highest BCUT2D eigenvalue weighted by atomic mass is 35.5. The fraction of sp³-hybridized carbons (Fsp3) is 0.909. The van der Waals surface area contributed by atoms with Crippen molar-refractivity contribution in [3.05, 3.63) is 0 Å². The van der Waals surface area contributed by atoms with Crippen LogP contribution in [0.25, 0.3) is 0 Å². The van der Waals surface area contributed by atoms with Crippen molar-refractivity contribution in [2.75, 3.05) is 12.5 Å². The van der Waals surface area contributed by atoms with Crippen LogP contribution < -0.4 is 0 Å². The van der Waals surface area contributed by atoms with Crippen LogP contribution in [0.4, 0.5) is 0 Å². The van der Waals surface area contributed by atoms with Crippen molar-refractivity contribution in [1.82, 2.24) is 0 Å². The van der Waals surface area contributed by atoms with Crippen LogP contribution in [0.3, 0.4) is 0 Å². The second-order valence-electron chi connectivity index (χ2n) is 4.05. The first-order chi connectivity index (χ1) is 6.50. The largest absolute Gasteiger partial charge is 0.466 e. The lowest BCUT2D eigenvalue weighted by atomic mass is 9.76. The second-order valence-corrected chi connectivity index (χ2v) is 4.32. The Bertz CT molecular complexity index is 176.